The molecular weight excluding hydrogens is 375 g/mol. The molecule has 4 rings (SSSR count). The quantitative estimate of drug-likeness (QED) is 0.774. The number of amidine groups is 1. The molecule has 2 aliphatic heterocycles. The van der Waals surface area contributed by atoms with Gasteiger partial charge in [0, 0.05) is 19.0 Å². The lowest BCUT2D eigenvalue weighted by molar-refractivity contribution is 0.366. The van der Waals surface area contributed by atoms with E-state index >= 15 is 0 Å². The second-order valence-electron chi connectivity index (χ2n) is 6.67. The molecule has 0 aromatic heterocycles. The Labute approximate surface area is 157 Å². The Bertz CT molecular complexity index is 974. The Morgan fingerprint density at radius 3 is 2.54 bits per heavy atom. The zero-order valence-electron chi connectivity index (χ0n) is 14.0. The summed E-state index contributed by atoms with van der Waals surface area (Å²) >= 11 is 5.74. The highest BCUT2D eigenvalue weighted by Gasteiger charge is 2.33. The first-order chi connectivity index (χ1) is 12.4. The van der Waals surface area contributed by atoms with Crippen LogP contribution in [0.5, 0.6) is 0 Å². The summed E-state index contributed by atoms with van der Waals surface area (Å²) in [6.07, 6.45) is 1.88. The number of rotatable bonds is 2. The summed E-state index contributed by atoms with van der Waals surface area (Å²) in [5.41, 5.74) is 2.67. The lowest BCUT2D eigenvalue weighted by Crippen LogP contribution is -2.46. The molecule has 0 aliphatic carbocycles. The minimum absolute atomic E-state index is 0.0187. The van der Waals surface area contributed by atoms with Gasteiger partial charge in [-0.25, -0.2) is 12.8 Å². The molecule has 1 saturated heterocycles. The van der Waals surface area contributed by atoms with Crippen molar-refractivity contribution in [1.82, 2.24) is 4.90 Å². The first-order valence-electron chi connectivity index (χ1n) is 8.56. The van der Waals surface area contributed by atoms with Crippen molar-refractivity contribution in [2.24, 2.45) is 4.40 Å². The maximum absolute atomic E-state index is 13.7. The summed E-state index contributed by atoms with van der Waals surface area (Å²) in [6, 6.07) is 12.5. The van der Waals surface area contributed by atoms with Gasteiger partial charge >= 0.3 is 0 Å². The van der Waals surface area contributed by atoms with Crippen LogP contribution in [0.4, 0.5) is 4.39 Å². The lowest BCUT2D eigenvalue weighted by Gasteiger charge is -2.37. The summed E-state index contributed by atoms with van der Waals surface area (Å²) in [7, 11) is -3.36. The lowest BCUT2D eigenvalue weighted by atomic mass is 9.88. The number of piperidine rings is 1. The van der Waals surface area contributed by atoms with E-state index in [1.807, 2.05) is 24.3 Å². The molecule has 2 aromatic rings. The first kappa shape index (κ1) is 17.5. The molecule has 7 heteroatoms. The molecule has 2 aromatic carbocycles. The van der Waals surface area contributed by atoms with E-state index in [2.05, 4.69) is 9.30 Å². The van der Waals surface area contributed by atoms with E-state index < -0.39 is 15.8 Å². The Morgan fingerprint density at radius 2 is 1.81 bits per heavy atom. The SMILES string of the molecule is O=S1(=O)CCN2CCC[C@@H](c3ccc(-c4ccc(Cl)c(F)c4)cc3)C2=N1. The van der Waals surface area contributed by atoms with Crippen LogP contribution in [0.3, 0.4) is 0 Å². The van der Waals surface area contributed by atoms with Gasteiger partial charge in [0.25, 0.3) is 10.0 Å². The van der Waals surface area contributed by atoms with Crippen molar-refractivity contribution >= 4 is 27.5 Å². The van der Waals surface area contributed by atoms with Gasteiger partial charge < -0.3 is 4.90 Å². The number of benzene rings is 2. The van der Waals surface area contributed by atoms with Gasteiger partial charge in [0.15, 0.2) is 0 Å². The zero-order chi connectivity index (χ0) is 18.3. The summed E-state index contributed by atoms with van der Waals surface area (Å²) in [6.45, 7) is 1.37. The van der Waals surface area contributed by atoms with Gasteiger partial charge in [0.2, 0.25) is 0 Å². The van der Waals surface area contributed by atoms with Crippen LogP contribution in [-0.2, 0) is 10.0 Å². The molecular formula is C19H18ClFN2O2S. The van der Waals surface area contributed by atoms with Crippen LogP contribution >= 0.6 is 11.6 Å². The number of fused-ring (bicyclic) bond motifs is 1. The molecule has 2 heterocycles. The van der Waals surface area contributed by atoms with E-state index in [1.165, 1.54) is 6.07 Å². The van der Waals surface area contributed by atoms with Gasteiger partial charge in [-0.05, 0) is 41.7 Å². The maximum atomic E-state index is 13.7. The second kappa shape index (κ2) is 6.67. The summed E-state index contributed by atoms with van der Waals surface area (Å²) < 4.78 is 41.6. The first-order valence-corrected chi connectivity index (χ1v) is 10.5. The fourth-order valence-corrected chi connectivity index (χ4v) is 4.80. The van der Waals surface area contributed by atoms with Gasteiger partial charge in [0.05, 0.1) is 10.8 Å². The van der Waals surface area contributed by atoms with Crippen molar-refractivity contribution in [1.29, 1.82) is 0 Å². The average molecular weight is 393 g/mol. The molecule has 0 N–H and O–H groups in total. The number of hydrogen-bond acceptors (Lipinski definition) is 3. The molecule has 1 fully saturated rings. The van der Waals surface area contributed by atoms with Crippen LogP contribution in [-0.4, -0.2) is 38.0 Å². The standard InChI is InChI=1S/C19H18ClFN2O2S/c20-17-8-7-15(12-18(17)21)13-3-5-14(6-4-13)16-2-1-9-23-10-11-26(24,25)22-19(16)23/h3-8,12,16H,1-2,9-11H2/t16-/m0/s1. The minimum atomic E-state index is -3.36. The summed E-state index contributed by atoms with van der Waals surface area (Å²) in [5.74, 6) is 0.283. The maximum Gasteiger partial charge on any atom is 0.256 e. The minimum Gasteiger partial charge on any atom is -0.358 e. The zero-order valence-corrected chi connectivity index (χ0v) is 15.6. The molecule has 4 nitrogen and oxygen atoms in total. The van der Waals surface area contributed by atoms with Gasteiger partial charge in [0.1, 0.15) is 11.7 Å². The topological polar surface area (TPSA) is 49.7 Å². The molecule has 136 valence electrons. The van der Waals surface area contributed by atoms with E-state index in [-0.39, 0.29) is 16.7 Å². The number of hydrogen-bond donors (Lipinski definition) is 0. The third-order valence-electron chi connectivity index (χ3n) is 4.97. The molecule has 0 saturated carbocycles. The van der Waals surface area contributed by atoms with E-state index in [0.717, 1.165) is 36.1 Å². The molecule has 26 heavy (non-hydrogen) atoms. The van der Waals surface area contributed by atoms with E-state index in [0.29, 0.717) is 12.4 Å². The number of halogens is 2. The normalized spacial score (nSPS) is 21.8. The van der Waals surface area contributed by atoms with E-state index in [1.54, 1.807) is 12.1 Å². The average Bonchev–Trinajstić information content (AvgIpc) is 2.63. The monoisotopic (exact) mass is 392 g/mol. The third-order valence-corrected chi connectivity index (χ3v) is 6.44. The van der Waals surface area contributed by atoms with Crippen molar-refractivity contribution in [3.8, 4) is 11.1 Å². The summed E-state index contributed by atoms with van der Waals surface area (Å²) in [5, 5.41) is 0.101. The Hall–Kier alpha value is -1.92. The van der Waals surface area contributed by atoms with E-state index in [4.69, 9.17) is 11.6 Å². The fraction of sp³-hybridized carbons (Fsp3) is 0.316. The largest absolute Gasteiger partial charge is 0.358 e. The van der Waals surface area contributed by atoms with Crippen LogP contribution in [0, 0.1) is 5.82 Å². The Balaban J connectivity index is 1.65. The van der Waals surface area contributed by atoms with Crippen molar-refractivity contribution in [2.45, 2.75) is 18.8 Å². The van der Waals surface area contributed by atoms with E-state index in [9.17, 15) is 12.8 Å². The van der Waals surface area contributed by atoms with Gasteiger partial charge in [-0.15, -0.1) is 4.40 Å². The van der Waals surface area contributed by atoms with Crippen molar-refractivity contribution in [2.75, 3.05) is 18.8 Å². The predicted molar refractivity (Wildman–Crippen MR) is 102 cm³/mol. The molecule has 0 bridgehead atoms. The van der Waals surface area contributed by atoms with Gasteiger partial charge in [-0.1, -0.05) is 41.9 Å². The number of sulfonamides is 1. The third kappa shape index (κ3) is 3.35. The highest BCUT2D eigenvalue weighted by atomic mass is 35.5. The van der Waals surface area contributed by atoms with Crippen LogP contribution in [0.15, 0.2) is 46.9 Å². The van der Waals surface area contributed by atoms with Crippen molar-refractivity contribution < 1.29 is 12.8 Å². The van der Waals surface area contributed by atoms with Gasteiger partial charge in [-0.3, -0.25) is 0 Å². The molecule has 2 aliphatic rings. The molecule has 1 atom stereocenters. The van der Waals surface area contributed by atoms with Crippen molar-refractivity contribution in [3.63, 3.8) is 0 Å². The van der Waals surface area contributed by atoms with Crippen molar-refractivity contribution in [3.05, 3.63) is 58.9 Å². The summed E-state index contributed by atoms with van der Waals surface area (Å²) in [4.78, 5) is 2.08. The van der Waals surface area contributed by atoms with Crippen LogP contribution in [0.25, 0.3) is 11.1 Å². The highest BCUT2D eigenvalue weighted by molar-refractivity contribution is 7.90. The van der Waals surface area contributed by atoms with Crippen LogP contribution < -0.4 is 0 Å². The molecule has 0 spiro atoms. The Morgan fingerprint density at radius 1 is 1.08 bits per heavy atom. The molecule has 0 radical (unpaired) electrons. The fourth-order valence-electron chi connectivity index (χ4n) is 3.61. The predicted octanol–water partition coefficient (Wildman–Crippen LogP) is 4.07. The molecule has 0 amide bonds. The molecule has 0 unspecified atom stereocenters. The number of nitrogens with zero attached hydrogens (tertiary/aromatic N) is 2. The highest BCUT2D eigenvalue weighted by Crippen LogP contribution is 2.33. The van der Waals surface area contributed by atoms with Crippen LogP contribution in [0.2, 0.25) is 5.02 Å². The Kier molecular flexibility index (Phi) is 4.49. The van der Waals surface area contributed by atoms with Gasteiger partial charge in [-0.2, -0.15) is 0 Å². The second-order valence-corrected chi connectivity index (χ2v) is 8.83. The van der Waals surface area contributed by atoms with Crippen LogP contribution in [0.1, 0.15) is 24.3 Å². The smallest absolute Gasteiger partial charge is 0.256 e.